The molecule has 5 rings (SSSR count). The van der Waals surface area contributed by atoms with Gasteiger partial charge in [0.15, 0.2) is 0 Å². The lowest BCUT2D eigenvalue weighted by Gasteiger charge is -2.41. The maximum atomic E-state index is 13.3. The molecule has 31 heavy (non-hydrogen) atoms. The molecule has 4 N–H and O–H groups in total. The molecule has 168 valence electrons. The molecule has 1 heterocycles. The van der Waals surface area contributed by atoms with E-state index >= 15 is 0 Å². The molecule has 0 unspecified atom stereocenters. The van der Waals surface area contributed by atoms with Crippen LogP contribution in [0.4, 0.5) is 5.00 Å². The lowest BCUT2D eigenvalue weighted by molar-refractivity contribution is -0.151. The summed E-state index contributed by atoms with van der Waals surface area (Å²) in [7, 11) is 0. The van der Waals surface area contributed by atoms with Crippen LogP contribution < -0.4 is 11.1 Å². The summed E-state index contributed by atoms with van der Waals surface area (Å²) >= 11 is 1.44. The second kappa shape index (κ2) is 8.08. The minimum absolute atomic E-state index is 0.0764. The van der Waals surface area contributed by atoms with E-state index in [0.717, 1.165) is 49.0 Å². The summed E-state index contributed by atoms with van der Waals surface area (Å²) in [5.41, 5.74) is 7.33. The normalized spacial score (nSPS) is 29.5. The van der Waals surface area contributed by atoms with E-state index in [9.17, 15) is 19.5 Å². The Morgan fingerprint density at radius 2 is 1.81 bits per heavy atom. The molecular formula is C24H32N2O4S. The number of primary amides is 1. The number of nitrogens with two attached hydrogens (primary N) is 1. The first-order chi connectivity index (χ1) is 14.6. The Bertz CT molecular complexity index is 948. The fraction of sp³-hybridized carbons (Fsp3) is 0.625. The van der Waals surface area contributed by atoms with Gasteiger partial charge < -0.3 is 16.2 Å². The highest BCUT2D eigenvalue weighted by Gasteiger charge is 2.48. The van der Waals surface area contributed by atoms with Gasteiger partial charge in [0.25, 0.3) is 5.91 Å². The number of thiophene rings is 1. The minimum Gasteiger partial charge on any atom is -0.481 e. The Balaban J connectivity index is 1.62. The van der Waals surface area contributed by atoms with Crippen molar-refractivity contribution in [2.24, 2.45) is 40.7 Å². The second-order valence-corrected chi connectivity index (χ2v) is 11.1. The molecule has 1 fully saturated rings. The number of hydrogen-bond acceptors (Lipinski definition) is 4. The number of nitrogens with one attached hydrogen (secondary N) is 1. The van der Waals surface area contributed by atoms with Crippen LogP contribution in [0.1, 0.15) is 67.3 Å². The summed E-state index contributed by atoms with van der Waals surface area (Å²) < 4.78 is 0. The first kappa shape index (κ1) is 22.1. The fourth-order valence-corrected chi connectivity index (χ4v) is 7.11. The molecule has 0 aliphatic heterocycles. The molecule has 6 nitrogen and oxygen atoms in total. The lowest BCUT2D eigenvalue weighted by atomic mass is 9.62. The summed E-state index contributed by atoms with van der Waals surface area (Å²) in [6.07, 6.45) is 9.30. The van der Waals surface area contributed by atoms with Crippen molar-refractivity contribution in [3.8, 4) is 0 Å². The molecule has 1 aromatic rings. The van der Waals surface area contributed by atoms with Crippen molar-refractivity contribution in [2.75, 3.05) is 5.32 Å². The van der Waals surface area contributed by atoms with Crippen LogP contribution in [0.15, 0.2) is 12.2 Å². The predicted molar refractivity (Wildman–Crippen MR) is 121 cm³/mol. The van der Waals surface area contributed by atoms with E-state index in [2.05, 4.69) is 26.1 Å². The van der Waals surface area contributed by atoms with E-state index < -0.39 is 23.7 Å². The zero-order valence-electron chi connectivity index (χ0n) is 18.4. The van der Waals surface area contributed by atoms with E-state index in [4.69, 9.17) is 5.73 Å². The number of carboxylic acids is 1. The van der Waals surface area contributed by atoms with Gasteiger partial charge in [-0.3, -0.25) is 14.4 Å². The maximum Gasteiger partial charge on any atom is 0.307 e. The van der Waals surface area contributed by atoms with Crippen LogP contribution >= 0.6 is 11.3 Å². The molecule has 0 spiro atoms. The Hall–Kier alpha value is -2.15. The molecule has 1 aromatic heterocycles. The van der Waals surface area contributed by atoms with Gasteiger partial charge in [0.2, 0.25) is 5.91 Å². The molecule has 4 aliphatic rings. The number of allylic oxidation sites excluding steroid dienone is 2. The van der Waals surface area contributed by atoms with Gasteiger partial charge >= 0.3 is 5.97 Å². The van der Waals surface area contributed by atoms with Crippen molar-refractivity contribution in [1.82, 2.24) is 0 Å². The van der Waals surface area contributed by atoms with Gasteiger partial charge in [-0.2, -0.15) is 0 Å². The molecule has 0 saturated heterocycles. The first-order valence-electron chi connectivity index (χ1n) is 11.3. The zero-order valence-corrected chi connectivity index (χ0v) is 19.3. The number of carboxylic acid groups (broad SMARTS) is 1. The zero-order chi connectivity index (χ0) is 22.5. The number of anilines is 1. The summed E-state index contributed by atoms with van der Waals surface area (Å²) in [6, 6.07) is 0. The standard InChI is InChI=1S/C24H32N2O4S/c1-4-24(2,3)14-9-10-15-16(11-14)31-22(19(15)20(25)27)26-21(28)17-12-5-7-13(8-6-12)18(17)23(29)30/h5,7,12-14,17-18H,4,6,8-11H2,1-3H3,(H2,25,27)(H,26,28)(H,29,30)/t12-,13-,14+,17+,18+/m0/s1. The van der Waals surface area contributed by atoms with Gasteiger partial charge in [-0.15, -0.1) is 11.3 Å². The molecule has 0 aromatic carbocycles. The minimum atomic E-state index is -0.926. The Kier molecular flexibility index (Phi) is 5.75. The van der Waals surface area contributed by atoms with Crippen molar-refractivity contribution in [2.45, 2.75) is 59.3 Å². The topological polar surface area (TPSA) is 109 Å². The average molecular weight is 445 g/mol. The predicted octanol–water partition coefficient (Wildman–Crippen LogP) is 4.24. The monoisotopic (exact) mass is 444 g/mol. The molecule has 7 heteroatoms. The van der Waals surface area contributed by atoms with E-state index in [1.165, 1.54) is 11.3 Å². The van der Waals surface area contributed by atoms with Crippen molar-refractivity contribution in [3.05, 3.63) is 28.2 Å². The van der Waals surface area contributed by atoms with Crippen LogP contribution in [0.25, 0.3) is 0 Å². The number of aliphatic carboxylic acids is 1. The number of amides is 2. The number of carbonyl (C=O) groups excluding carboxylic acids is 2. The van der Waals surface area contributed by atoms with Crippen LogP contribution in [0, 0.1) is 35.0 Å². The molecule has 1 saturated carbocycles. The van der Waals surface area contributed by atoms with Crippen LogP contribution in [0.5, 0.6) is 0 Å². The summed E-state index contributed by atoms with van der Waals surface area (Å²) in [4.78, 5) is 38.6. The Morgan fingerprint density at radius 3 is 2.35 bits per heavy atom. The first-order valence-corrected chi connectivity index (χ1v) is 12.1. The molecule has 2 bridgehead atoms. The third kappa shape index (κ3) is 3.81. The third-order valence-electron chi connectivity index (χ3n) is 8.10. The van der Waals surface area contributed by atoms with Crippen LogP contribution in [-0.2, 0) is 22.4 Å². The largest absolute Gasteiger partial charge is 0.481 e. The van der Waals surface area contributed by atoms with E-state index in [-0.39, 0.29) is 23.2 Å². The van der Waals surface area contributed by atoms with Crippen LogP contribution in [-0.4, -0.2) is 22.9 Å². The van der Waals surface area contributed by atoms with E-state index in [0.29, 0.717) is 16.5 Å². The van der Waals surface area contributed by atoms with Gasteiger partial charge in [0.05, 0.1) is 17.4 Å². The van der Waals surface area contributed by atoms with E-state index in [1.54, 1.807) is 0 Å². The van der Waals surface area contributed by atoms with Gasteiger partial charge in [-0.1, -0.05) is 39.3 Å². The summed E-state index contributed by atoms with van der Waals surface area (Å²) in [5, 5.41) is 13.2. The molecular weight excluding hydrogens is 412 g/mol. The molecule has 4 aliphatic carbocycles. The molecule has 0 radical (unpaired) electrons. The van der Waals surface area contributed by atoms with Crippen LogP contribution in [0.2, 0.25) is 0 Å². The van der Waals surface area contributed by atoms with Gasteiger partial charge in [0.1, 0.15) is 5.00 Å². The smallest absolute Gasteiger partial charge is 0.307 e. The molecule has 5 atom stereocenters. The van der Waals surface area contributed by atoms with Gasteiger partial charge in [-0.05, 0) is 60.8 Å². The second-order valence-electron chi connectivity index (χ2n) is 10.0. The number of rotatable bonds is 6. The number of hydrogen-bond donors (Lipinski definition) is 3. The van der Waals surface area contributed by atoms with Gasteiger partial charge in [-0.25, -0.2) is 0 Å². The molecule has 2 amide bonds. The van der Waals surface area contributed by atoms with Crippen molar-refractivity contribution < 1.29 is 19.5 Å². The Labute approximate surface area is 187 Å². The van der Waals surface area contributed by atoms with E-state index in [1.807, 2.05) is 12.2 Å². The lowest BCUT2D eigenvalue weighted by Crippen LogP contribution is -2.47. The quantitative estimate of drug-likeness (QED) is 0.570. The van der Waals surface area contributed by atoms with Crippen molar-refractivity contribution in [1.29, 1.82) is 0 Å². The Morgan fingerprint density at radius 1 is 1.16 bits per heavy atom. The SMILES string of the molecule is CCC(C)(C)[C@@H]1CCc2c(sc(NC(=O)[C@H]3[C@H](C(=O)O)[C@H]4C=C[C@H]3CC4)c2C(N)=O)C1. The number of fused-ring (bicyclic) bond motifs is 3. The number of carbonyl (C=O) groups is 3. The summed E-state index contributed by atoms with van der Waals surface area (Å²) in [6.45, 7) is 6.77. The highest BCUT2D eigenvalue weighted by molar-refractivity contribution is 7.17. The van der Waals surface area contributed by atoms with Crippen LogP contribution in [0.3, 0.4) is 0 Å². The fourth-order valence-electron chi connectivity index (χ4n) is 5.77. The third-order valence-corrected chi connectivity index (χ3v) is 9.27. The van der Waals surface area contributed by atoms with Crippen molar-refractivity contribution in [3.63, 3.8) is 0 Å². The highest BCUT2D eigenvalue weighted by atomic mass is 32.1. The highest BCUT2D eigenvalue weighted by Crippen LogP contribution is 2.48. The maximum absolute atomic E-state index is 13.3. The van der Waals surface area contributed by atoms with Crippen molar-refractivity contribution >= 4 is 34.1 Å². The van der Waals surface area contributed by atoms with Gasteiger partial charge in [0, 0.05) is 4.88 Å². The summed E-state index contributed by atoms with van der Waals surface area (Å²) in [5.74, 6) is -2.76. The average Bonchev–Trinajstić information content (AvgIpc) is 3.10.